The summed E-state index contributed by atoms with van der Waals surface area (Å²) in [4.78, 5) is 11.5. The summed E-state index contributed by atoms with van der Waals surface area (Å²) in [5, 5.41) is 10.3. The van der Waals surface area contributed by atoms with Crippen LogP contribution in [0.15, 0.2) is 16.8 Å². The van der Waals surface area contributed by atoms with Gasteiger partial charge >= 0.3 is 0 Å². The third-order valence-corrected chi connectivity index (χ3v) is 3.11. The average Bonchev–Trinajstić information content (AvgIpc) is 2.77. The SMILES string of the molecule is CCN[C@H](C)CNC(=O)CCc1ccsc1. The molecule has 0 fully saturated rings. The summed E-state index contributed by atoms with van der Waals surface area (Å²) >= 11 is 1.67. The largest absolute Gasteiger partial charge is 0.355 e. The van der Waals surface area contributed by atoms with Crippen molar-refractivity contribution in [3.8, 4) is 0 Å². The second-order valence-electron chi connectivity index (χ2n) is 3.89. The molecule has 0 aliphatic rings. The van der Waals surface area contributed by atoms with Crippen LogP contribution in [0.25, 0.3) is 0 Å². The van der Waals surface area contributed by atoms with Crippen molar-refractivity contribution in [2.45, 2.75) is 32.7 Å². The van der Waals surface area contributed by atoms with Crippen LogP contribution < -0.4 is 10.6 Å². The van der Waals surface area contributed by atoms with Crippen molar-refractivity contribution in [2.24, 2.45) is 0 Å². The summed E-state index contributed by atoms with van der Waals surface area (Å²) < 4.78 is 0. The predicted molar refractivity (Wildman–Crippen MR) is 68.8 cm³/mol. The maximum absolute atomic E-state index is 11.5. The van der Waals surface area contributed by atoms with E-state index in [2.05, 4.69) is 35.9 Å². The van der Waals surface area contributed by atoms with Gasteiger partial charge in [0.2, 0.25) is 5.91 Å². The molecule has 3 nitrogen and oxygen atoms in total. The number of hydrogen-bond acceptors (Lipinski definition) is 3. The van der Waals surface area contributed by atoms with Crippen LogP contribution in [0, 0.1) is 0 Å². The highest BCUT2D eigenvalue weighted by atomic mass is 32.1. The smallest absolute Gasteiger partial charge is 0.220 e. The number of likely N-dealkylation sites (N-methyl/N-ethyl adjacent to an activating group) is 1. The first-order chi connectivity index (χ1) is 7.72. The molecule has 0 bridgehead atoms. The highest BCUT2D eigenvalue weighted by molar-refractivity contribution is 7.07. The van der Waals surface area contributed by atoms with E-state index in [4.69, 9.17) is 0 Å². The van der Waals surface area contributed by atoms with E-state index in [1.54, 1.807) is 11.3 Å². The molecule has 1 heterocycles. The molecule has 0 saturated heterocycles. The number of rotatable bonds is 7. The van der Waals surface area contributed by atoms with Crippen LogP contribution >= 0.6 is 11.3 Å². The Hall–Kier alpha value is -0.870. The molecule has 2 N–H and O–H groups in total. The quantitative estimate of drug-likeness (QED) is 0.763. The van der Waals surface area contributed by atoms with Gasteiger partial charge < -0.3 is 10.6 Å². The summed E-state index contributed by atoms with van der Waals surface area (Å²) in [6.45, 7) is 5.78. The Kier molecular flexibility index (Phi) is 6.11. The van der Waals surface area contributed by atoms with Gasteiger partial charge in [0, 0.05) is 19.0 Å². The van der Waals surface area contributed by atoms with Crippen molar-refractivity contribution in [2.75, 3.05) is 13.1 Å². The fourth-order valence-corrected chi connectivity index (χ4v) is 2.17. The molecule has 1 atom stereocenters. The van der Waals surface area contributed by atoms with E-state index in [1.165, 1.54) is 5.56 Å². The van der Waals surface area contributed by atoms with E-state index in [-0.39, 0.29) is 5.91 Å². The van der Waals surface area contributed by atoms with Gasteiger partial charge in [0.05, 0.1) is 0 Å². The zero-order chi connectivity index (χ0) is 11.8. The molecule has 1 amide bonds. The molecule has 16 heavy (non-hydrogen) atoms. The Bertz CT molecular complexity index is 298. The number of carbonyl (C=O) groups excluding carboxylic acids is 1. The van der Waals surface area contributed by atoms with Crippen LogP contribution in [0.3, 0.4) is 0 Å². The number of carbonyl (C=O) groups is 1. The van der Waals surface area contributed by atoms with Gasteiger partial charge in [-0.2, -0.15) is 11.3 Å². The minimum Gasteiger partial charge on any atom is -0.355 e. The minimum atomic E-state index is 0.135. The molecule has 0 aliphatic heterocycles. The molecule has 0 saturated carbocycles. The summed E-state index contributed by atoms with van der Waals surface area (Å²) in [6.07, 6.45) is 1.42. The molecule has 90 valence electrons. The van der Waals surface area contributed by atoms with E-state index in [0.717, 1.165) is 13.0 Å². The van der Waals surface area contributed by atoms with Crippen LogP contribution in [0.5, 0.6) is 0 Å². The molecule has 0 radical (unpaired) electrons. The van der Waals surface area contributed by atoms with Crippen molar-refractivity contribution in [3.05, 3.63) is 22.4 Å². The van der Waals surface area contributed by atoms with Crippen molar-refractivity contribution in [3.63, 3.8) is 0 Å². The Labute approximate surface area is 101 Å². The molecule has 1 rings (SSSR count). The monoisotopic (exact) mass is 240 g/mol. The van der Waals surface area contributed by atoms with E-state index in [9.17, 15) is 4.79 Å². The number of thiophene rings is 1. The Balaban J connectivity index is 2.11. The van der Waals surface area contributed by atoms with Crippen LogP contribution in [0.2, 0.25) is 0 Å². The normalized spacial score (nSPS) is 12.4. The summed E-state index contributed by atoms with van der Waals surface area (Å²) in [5.41, 5.74) is 1.25. The fourth-order valence-electron chi connectivity index (χ4n) is 1.47. The first-order valence-corrected chi connectivity index (χ1v) is 6.67. The van der Waals surface area contributed by atoms with Gasteiger partial charge in [-0.3, -0.25) is 4.79 Å². The van der Waals surface area contributed by atoms with Gasteiger partial charge in [0.15, 0.2) is 0 Å². The zero-order valence-electron chi connectivity index (χ0n) is 9.95. The van der Waals surface area contributed by atoms with Gasteiger partial charge in [-0.1, -0.05) is 6.92 Å². The van der Waals surface area contributed by atoms with Crippen molar-refractivity contribution < 1.29 is 4.79 Å². The van der Waals surface area contributed by atoms with Crippen LogP contribution in [0.1, 0.15) is 25.8 Å². The third kappa shape index (κ3) is 5.28. The summed E-state index contributed by atoms with van der Waals surface area (Å²) in [5.74, 6) is 0.135. The second kappa shape index (κ2) is 7.41. The molecule has 0 unspecified atom stereocenters. The minimum absolute atomic E-state index is 0.135. The van der Waals surface area contributed by atoms with Gasteiger partial charge in [-0.05, 0) is 42.3 Å². The first kappa shape index (κ1) is 13.2. The third-order valence-electron chi connectivity index (χ3n) is 2.38. The Morgan fingerprint density at radius 1 is 1.56 bits per heavy atom. The lowest BCUT2D eigenvalue weighted by Crippen LogP contribution is -2.38. The molecule has 0 aromatic carbocycles. The van der Waals surface area contributed by atoms with E-state index < -0.39 is 0 Å². The van der Waals surface area contributed by atoms with Gasteiger partial charge in [0.1, 0.15) is 0 Å². The summed E-state index contributed by atoms with van der Waals surface area (Å²) in [6, 6.07) is 2.41. The van der Waals surface area contributed by atoms with Gasteiger partial charge in [0.25, 0.3) is 0 Å². The maximum Gasteiger partial charge on any atom is 0.220 e. The number of amides is 1. The van der Waals surface area contributed by atoms with Gasteiger partial charge in [-0.25, -0.2) is 0 Å². The first-order valence-electron chi connectivity index (χ1n) is 5.73. The van der Waals surface area contributed by atoms with Crippen LogP contribution in [-0.4, -0.2) is 25.0 Å². The Morgan fingerprint density at radius 2 is 2.38 bits per heavy atom. The lowest BCUT2D eigenvalue weighted by atomic mass is 10.2. The van der Waals surface area contributed by atoms with Crippen molar-refractivity contribution >= 4 is 17.2 Å². The highest BCUT2D eigenvalue weighted by Gasteiger charge is 2.04. The molecule has 4 heteroatoms. The molecule has 0 aliphatic carbocycles. The maximum atomic E-state index is 11.5. The van der Waals surface area contributed by atoms with Crippen molar-refractivity contribution in [1.82, 2.24) is 10.6 Å². The molecule has 1 aromatic heterocycles. The number of aryl methyl sites for hydroxylation is 1. The molecular weight excluding hydrogens is 220 g/mol. The van der Waals surface area contributed by atoms with E-state index in [1.807, 2.05) is 5.38 Å². The lowest BCUT2D eigenvalue weighted by molar-refractivity contribution is -0.121. The number of hydrogen-bond donors (Lipinski definition) is 2. The fraction of sp³-hybridized carbons (Fsp3) is 0.583. The zero-order valence-corrected chi connectivity index (χ0v) is 10.8. The predicted octanol–water partition coefficient (Wildman–Crippen LogP) is 1.79. The topological polar surface area (TPSA) is 41.1 Å². The lowest BCUT2D eigenvalue weighted by Gasteiger charge is -2.12. The molecule has 1 aromatic rings. The van der Waals surface area contributed by atoms with Crippen LogP contribution in [0.4, 0.5) is 0 Å². The standard InChI is InChI=1S/C12H20N2OS/c1-3-13-10(2)8-14-12(15)5-4-11-6-7-16-9-11/h6-7,9-10,13H,3-5,8H2,1-2H3,(H,14,15)/t10-/m1/s1. The highest BCUT2D eigenvalue weighted by Crippen LogP contribution is 2.07. The van der Waals surface area contributed by atoms with E-state index >= 15 is 0 Å². The second-order valence-corrected chi connectivity index (χ2v) is 4.67. The van der Waals surface area contributed by atoms with E-state index in [0.29, 0.717) is 19.0 Å². The number of nitrogens with one attached hydrogen (secondary N) is 2. The average molecular weight is 240 g/mol. The van der Waals surface area contributed by atoms with Crippen LogP contribution in [-0.2, 0) is 11.2 Å². The molecular formula is C12H20N2OS. The Morgan fingerprint density at radius 3 is 3.00 bits per heavy atom. The molecule has 0 spiro atoms. The van der Waals surface area contributed by atoms with Crippen molar-refractivity contribution in [1.29, 1.82) is 0 Å². The van der Waals surface area contributed by atoms with Gasteiger partial charge in [-0.15, -0.1) is 0 Å². The summed E-state index contributed by atoms with van der Waals surface area (Å²) in [7, 11) is 0.